The van der Waals surface area contributed by atoms with Gasteiger partial charge in [-0.15, -0.1) is 0 Å². The molecule has 2 aliphatic rings. The van der Waals surface area contributed by atoms with Crippen molar-refractivity contribution >= 4 is 33.8 Å². The number of hydrogen-bond donors (Lipinski definition) is 1. The quantitative estimate of drug-likeness (QED) is 0.748. The number of rotatable bonds is 5. The van der Waals surface area contributed by atoms with Gasteiger partial charge in [0.15, 0.2) is 0 Å². The Morgan fingerprint density at radius 1 is 1.40 bits per heavy atom. The number of benzene rings is 1. The number of halogens is 1. The second-order valence-corrected chi connectivity index (χ2v) is 7.08. The van der Waals surface area contributed by atoms with E-state index in [0.29, 0.717) is 32.4 Å². The molecule has 8 heteroatoms. The highest BCUT2D eigenvalue weighted by molar-refractivity contribution is 9.10. The van der Waals surface area contributed by atoms with E-state index in [2.05, 4.69) is 21.2 Å². The number of ether oxygens (including phenoxy) is 1. The summed E-state index contributed by atoms with van der Waals surface area (Å²) in [6, 6.07) is 5.13. The molecule has 1 unspecified atom stereocenters. The number of urea groups is 1. The van der Waals surface area contributed by atoms with Gasteiger partial charge in [-0.3, -0.25) is 14.5 Å². The minimum Gasteiger partial charge on any atom is -0.496 e. The molecule has 1 N–H and O–H groups in total. The summed E-state index contributed by atoms with van der Waals surface area (Å²) in [7, 11) is 1.61. The zero-order chi connectivity index (χ0) is 18.0. The Morgan fingerprint density at radius 2 is 2.20 bits per heavy atom. The van der Waals surface area contributed by atoms with Crippen LogP contribution >= 0.6 is 15.9 Å². The van der Waals surface area contributed by atoms with Crippen LogP contribution in [0.1, 0.15) is 18.4 Å². The molecule has 0 aliphatic carbocycles. The molecule has 0 radical (unpaired) electrons. The first-order valence-corrected chi connectivity index (χ1v) is 8.99. The van der Waals surface area contributed by atoms with Gasteiger partial charge in [-0.1, -0.05) is 15.9 Å². The van der Waals surface area contributed by atoms with E-state index in [4.69, 9.17) is 4.74 Å². The van der Waals surface area contributed by atoms with E-state index in [1.54, 1.807) is 12.0 Å². The number of aryl methyl sites for hydroxylation is 1. The lowest BCUT2D eigenvalue weighted by molar-refractivity contribution is -0.131. The van der Waals surface area contributed by atoms with Crippen LogP contribution in [0.15, 0.2) is 22.7 Å². The summed E-state index contributed by atoms with van der Waals surface area (Å²) in [4.78, 5) is 39.0. The van der Waals surface area contributed by atoms with E-state index in [-0.39, 0.29) is 30.4 Å². The number of carbonyl (C=O) groups is 3. The van der Waals surface area contributed by atoms with Crippen LogP contribution in [0.3, 0.4) is 0 Å². The van der Waals surface area contributed by atoms with Crippen molar-refractivity contribution in [3.05, 3.63) is 28.2 Å². The number of likely N-dealkylation sites (tertiary alicyclic amines) is 1. The van der Waals surface area contributed by atoms with Crippen LogP contribution < -0.4 is 10.1 Å². The third-order valence-corrected chi connectivity index (χ3v) is 5.10. The molecule has 0 spiro atoms. The number of methoxy groups -OCH3 is 1. The molecule has 0 saturated carbocycles. The molecule has 25 heavy (non-hydrogen) atoms. The van der Waals surface area contributed by atoms with Crippen molar-refractivity contribution < 1.29 is 19.1 Å². The molecule has 0 aromatic heterocycles. The maximum Gasteiger partial charge on any atom is 0.324 e. The smallest absolute Gasteiger partial charge is 0.324 e. The average Bonchev–Trinajstić information content (AvgIpc) is 3.19. The van der Waals surface area contributed by atoms with Crippen LogP contribution in [0.2, 0.25) is 0 Å². The van der Waals surface area contributed by atoms with Crippen molar-refractivity contribution in [2.24, 2.45) is 0 Å². The third-order valence-electron chi connectivity index (χ3n) is 4.61. The zero-order valence-electron chi connectivity index (χ0n) is 14.0. The summed E-state index contributed by atoms with van der Waals surface area (Å²) >= 11 is 3.43. The molecule has 2 saturated heterocycles. The Hall–Kier alpha value is -2.09. The normalized spacial score (nSPS) is 20.2. The number of nitrogens with one attached hydrogen (secondary N) is 1. The fraction of sp³-hybridized carbons (Fsp3) is 0.471. The molecule has 1 aromatic rings. The first-order chi connectivity index (χ1) is 12.0. The Balaban J connectivity index is 1.57. The van der Waals surface area contributed by atoms with Gasteiger partial charge in [0, 0.05) is 24.0 Å². The molecule has 1 aromatic carbocycles. The molecular formula is C17H20BrN3O4. The topological polar surface area (TPSA) is 79.0 Å². The lowest BCUT2D eigenvalue weighted by Gasteiger charge is -2.21. The monoisotopic (exact) mass is 409 g/mol. The second kappa shape index (κ2) is 7.43. The predicted molar refractivity (Wildman–Crippen MR) is 94.2 cm³/mol. The van der Waals surface area contributed by atoms with Crippen molar-refractivity contribution in [3.63, 3.8) is 0 Å². The second-order valence-electron chi connectivity index (χ2n) is 6.16. The molecule has 2 aliphatic heterocycles. The van der Waals surface area contributed by atoms with Gasteiger partial charge in [0.2, 0.25) is 11.8 Å². The van der Waals surface area contributed by atoms with Crippen molar-refractivity contribution in [2.75, 3.05) is 26.7 Å². The third kappa shape index (κ3) is 3.78. The zero-order valence-corrected chi connectivity index (χ0v) is 15.5. The summed E-state index contributed by atoms with van der Waals surface area (Å²) in [5.41, 5.74) is 0.968. The molecule has 3 rings (SSSR count). The maximum atomic E-state index is 12.5. The molecule has 2 heterocycles. The highest BCUT2D eigenvalue weighted by atomic mass is 79.9. The van der Waals surface area contributed by atoms with Gasteiger partial charge in [-0.2, -0.15) is 0 Å². The van der Waals surface area contributed by atoms with Crippen LogP contribution in [0, 0.1) is 0 Å². The van der Waals surface area contributed by atoms with Gasteiger partial charge < -0.3 is 15.0 Å². The molecule has 2 fully saturated rings. The van der Waals surface area contributed by atoms with E-state index in [1.165, 1.54) is 4.90 Å². The SMILES string of the molecule is COc1ccc(Br)cc1CCC(=O)N1CCC(N2C(=O)CNC2=O)C1. The maximum absolute atomic E-state index is 12.5. The van der Waals surface area contributed by atoms with Crippen LogP contribution in [-0.2, 0) is 16.0 Å². The van der Waals surface area contributed by atoms with Gasteiger partial charge in [-0.05, 0) is 36.6 Å². The molecule has 1 atom stereocenters. The fourth-order valence-corrected chi connectivity index (χ4v) is 3.73. The summed E-state index contributed by atoms with van der Waals surface area (Å²) in [5.74, 6) is 0.564. The molecule has 0 bridgehead atoms. The Morgan fingerprint density at radius 3 is 2.88 bits per heavy atom. The van der Waals surface area contributed by atoms with Crippen molar-refractivity contribution in [1.29, 1.82) is 0 Å². The summed E-state index contributed by atoms with van der Waals surface area (Å²) in [6.45, 7) is 1.02. The minimum atomic E-state index is -0.358. The van der Waals surface area contributed by atoms with E-state index in [1.807, 2.05) is 18.2 Å². The Bertz CT molecular complexity index is 693. The predicted octanol–water partition coefficient (Wildman–Crippen LogP) is 1.54. The van der Waals surface area contributed by atoms with Gasteiger partial charge in [0.1, 0.15) is 5.75 Å². The summed E-state index contributed by atoms with van der Waals surface area (Å²) < 4.78 is 6.27. The van der Waals surface area contributed by atoms with Crippen LogP contribution in [0.5, 0.6) is 5.75 Å². The average molecular weight is 410 g/mol. The Kier molecular flexibility index (Phi) is 5.27. The first-order valence-electron chi connectivity index (χ1n) is 8.19. The van der Waals surface area contributed by atoms with E-state index in [0.717, 1.165) is 15.8 Å². The minimum absolute atomic E-state index is 0.0246. The lowest BCUT2D eigenvalue weighted by Crippen LogP contribution is -2.42. The highest BCUT2D eigenvalue weighted by Crippen LogP contribution is 2.25. The summed E-state index contributed by atoms with van der Waals surface area (Å²) in [6.07, 6.45) is 1.57. The molecular weight excluding hydrogens is 390 g/mol. The first kappa shape index (κ1) is 17.7. The largest absolute Gasteiger partial charge is 0.496 e. The Labute approximate surface area is 154 Å². The molecule has 4 amide bonds. The fourth-order valence-electron chi connectivity index (χ4n) is 3.33. The number of nitrogens with zero attached hydrogens (tertiary/aromatic N) is 2. The van der Waals surface area contributed by atoms with Gasteiger partial charge >= 0.3 is 6.03 Å². The molecule has 7 nitrogen and oxygen atoms in total. The summed E-state index contributed by atoms with van der Waals surface area (Å²) in [5, 5.41) is 2.52. The van der Waals surface area contributed by atoms with E-state index < -0.39 is 0 Å². The number of imide groups is 1. The number of amides is 4. The van der Waals surface area contributed by atoms with Gasteiger partial charge in [0.05, 0.1) is 19.7 Å². The number of hydrogen-bond acceptors (Lipinski definition) is 4. The van der Waals surface area contributed by atoms with Gasteiger partial charge in [-0.25, -0.2) is 4.79 Å². The van der Waals surface area contributed by atoms with Crippen LogP contribution in [0.25, 0.3) is 0 Å². The van der Waals surface area contributed by atoms with Crippen molar-refractivity contribution in [3.8, 4) is 5.75 Å². The van der Waals surface area contributed by atoms with Crippen LogP contribution in [0.4, 0.5) is 4.79 Å². The van der Waals surface area contributed by atoms with Crippen molar-refractivity contribution in [1.82, 2.24) is 15.1 Å². The van der Waals surface area contributed by atoms with Crippen molar-refractivity contribution in [2.45, 2.75) is 25.3 Å². The highest BCUT2D eigenvalue weighted by Gasteiger charge is 2.39. The number of carbonyl (C=O) groups excluding carboxylic acids is 3. The lowest BCUT2D eigenvalue weighted by atomic mass is 10.1. The standard InChI is InChI=1S/C17H20BrN3O4/c1-25-14-4-3-12(18)8-11(14)2-5-15(22)20-7-6-13(10-20)21-16(23)9-19-17(21)24/h3-4,8,13H,2,5-7,9-10H2,1H3,(H,19,24). The van der Waals surface area contributed by atoms with E-state index >= 15 is 0 Å². The van der Waals surface area contributed by atoms with Crippen LogP contribution in [-0.4, -0.2) is 60.4 Å². The van der Waals surface area contributed by atoms with E-state index in [9.17, 15) is 14.4 Å². The molecule has 134 valence electrons. The van der Waals surface area contributed by atoms with Gasteiger partial charge in [0.25, 0.3) is 0 Å².